The number of ether oxygens (including phenoxy) is 1. The van der Waals surface area contributed by atoms with Crippen LogP contribution < -0.4 is 10.1 Å². The van der Waals surface area contributed by atoms with E-state index in [0.29, 0.717) is 26.2 Å². The molecular formula is C18H12BrNO7S. The number of thiophene rings is 1. The van der Waals surface area contributed by atoms with Gasteiger partial charge in [0.05, 0.1) is 21.2 Å². The molecule has 2 aromatic heterocycles. The molecule has 0 radical (unpaired) electrons. The van der Waals surface area contributed by atoms with Crippen molar-refractivity contribution in [2.45, 2.75) is 0 Å². The zero-order valence-corrected chi connectivity index (χ0v) is 16.4. The number of carboxylic acids is 2. The molecule has 28 heavy (non-hydrogen) atoms. The first-order chi connectivity index (χ1) is 13.4. The number of carbonyl (C=O) groups is 3. The first kappa shape index (κ1) is 19.6. The van der Waals surface area contributed by atoms with Gasteiger partial charge in [-0.2, -0.15) is 0 Å². The predicted molar refractivity (Wildman–Crippen MR) is 104 cm³/mol. The van der Waals surface area contributed by atoms with Crippen LogP contribution in [-0.4, -0.2) is 34.7 Å². The van der Waals surface area contributed by atoms with Crippen molar-refractivity contribution in [2.75, 3.05) is 11.9 Å². The Morgan fingerprint density at radius 2 is 2.00 bits per heavy atom. The van der Waals surface area contributed by atoms with Crippen molar-refractivity contribution in [2.24, 2.45) is 0 Å². The Balaban J connectivity index is 1.93. The number of halogens is 1. The zero-order chi connectivity index (χ0) is 20.3. The van der Waals surface area contributed by atoms with E-state index in [-0.39, 0.29) is 16.5 Å². The lowest BCUT2D eigenvalue weighted by atomic mass is 10.1. The second-order valence-corrected chi connectivity index (χ2v) is 7.25. The molecule has 2 heterocycles. The fourth-order valence-corrected chi connectivity index (χ4v) is 4.21. The molecule has 1 amide bonds. The lowest BCUT2D eigenvalue weighted by Crippen LogP contribution is -2.11. The highest BCUT2D eigenvalue weighted by Crippen LogP contribution is 2.46. The van der Waals surface area contributed by atoms with Gasteiger partial charge in [0, 0.05) is 5.69 Å². The fourth-order valence-electron chi connectivity index (χ4n) is 2.32. The third kappa shape index (κ3) is 4.24. The number of carboxylic acid groups (broad SMARTS) is 2. The Labute approximate surface area is 170 Å². The maximum Gasteiger partial charge on any atom is 0.349 e. The van der Waals surface area contributed by atoms with Crippen LogP contribution in [0.15, 0.2) is 51.7 Å². The molecule has 3 aromatic rings. The molecule has 0 saturated carbocycles. The van der Waals surface area contributed by atoms with Crippen molar-refractivity contribution in [3.8, 4) is 16.2 Å². The highest BCUT2D eigenvalue weighted by Gasteiger charge is 2.24. The molecule has 0 spiro atoms. The molecule has 0 aliphatic rings. The molecule has 3 N–H and O–H groups in total. The fraction of sp³-hybridized carbons (Fsp3) is 0.0556. The normalized spacial score (nSPS) is 10.5. The molecule has 144 valence electrons. The summed E-state index contributed by atoms with van der Waals surface area (Å²) < 4.78 is 10.4. The van der Waals surface area contributed by atoms with Gasteiger partial charge in [0.15, 0.2) is 17.2 Å². The topological polar surface area (TPSA) is 126 Å². The zero-order valence-electron chi connectivity index (χ0n) is 14.0. The summed E-state index contributed by atoms with van der Waals surface area (Å²) in [6.45, 7) is -0.671. The summed E-state index contributed by atoms with van der Waals surface area (Å²) in [5.74, 6) is -2.86. The van der Waals surface area contributed by atoms with Gasteiger partial charge >= 0.3 is 11.9 Å². The predicted octanol–water partition coefficient (Wildman–Crippen LogP) is 4.18. The summed E-state index contributed by atoms with van der Waals surface area (Å²) in [5.41, 5.74) is 1.48. The average molecular weight is 466 g/mol. The SMILES string of the molecule is O=C(O)COc1c(C(=O)O)sc(-c2cccc(NC(=O)c3ccoc3)c2)c1Br. The number of hydrogen-bond acceptors (Lipinski definition) is 6. The van der Waals surface area contributed by atoms with Crippen LogP contribution in [0.25, 0.3) is 10.4 Å². The van der Waals surface area contributed by atoms with E-state index in [0.717, 1.165) is 11.3 Å². The van der Waals surface area contributed by atoms with E-state index in [9.17, 15) is 19.5 Å². The van der Waals surface area contributed by atoms with E-state index in [2.05, 4.69) is 21.2 Å². The molecule has 0 fully saturated rings. The highest BCUT2D eigenvalue weighted by molar-refractivity contribution is 9.10. The van der Waals surface area contributed by atoms with Gasteiger partial charge in [-0.25, -0.2) is 9.59 Å². The monoisotopic (exact) mass is 465 g/mol. The number of aliphatic carboxylic acids is 1. The van der Waals surface area contributed by atoms with Crippen LogP contribution in [0.5, 0.6) is 5.75 Å². The standard InChI is InChI=1S/C18H12BrNO7S/c19-13-14(27-8-12(21)22)16(18(24)25)28-15(13)9-2-1-3-11(6-9)20-17(23)10-4-5-26-7-10/h1-7H,8H2,(H,20,23)(H,21,22)(H,24,25). The van der Waals surface area contributed by atoms with Crippen LogP contribution in [0, 0.1) is 0 Å². The maximum absolute atomic E-state index is 12.2. The van der Waals surface area contributed by atoms with Crippen molar-refractivity contribution in [3.63, 3.8) is 0 Å². The second kappa shape index (κ2) is 8.28. The van der Waals surface area contributed by atoms with Gasteiger partial charge in [-0.05, 0) is 39.7 Å². The van der Waals surface area contributed by atoms with E-state index in [1.807, 2.05) is 0 Å². The van der Waals surface area contributed by atoms with E-state index < -0.39 is 18.5 Å². The van der Waals surface area contributed by atoms with Crippen molar-refractivity contribution in [1.29, 1.82) is 0 Å². The van der Waals surface area contributed by atoms with Gasteiger partial charge in [-0.15, -0.1) is 11.3 Å². The van der Waals surface area contributed by atoms with Gasteiger partial charge in [0.1, 0.15) is 6.26 Å². The summed E-state index contributed by atoms with van der Waals surface area (Å²) in [6.07, 6.45) is 2.71. The molecule has 0 saturated heterocycles. The van der Waals surface area contributed by atoms with Crippen LogP contribution in [-0.2, 0) is 4.79 Å². The lowest BCUT2D eigenvalue weighted by Gasteiger charge is -2.06. The molecule has 0 atom stereocenters. The van der Waals surface area contributed by atoms with Gasteiger partial charge < -0.3 is 24.7 Å². The Bertz CT molecular complexity index is 1040. The van der Waals surface area contributed by atoms with E-state index in [1.165, 1.54) is 18.6 Å². The van der Waals surface area contributed by atoms with Crippen LogP contribution >= 0.6 is 27.3 Å². The number of nitrogens with one attached hydrogen (secondary N) is 1. The average Bonchev–Trinajstić information content (AvgIpc) is 3.28. The minimum absolute atomic E-state index is 0.0530. The third-order valence-corrected chi connectivity index (χ3v) is 5.74. The molecule has 1 aromatic carbocycles. The Kier molecular flexibility index (Phi) is 5.81. The van der Waals surface area contributed by atoms with Gasteiger partial charge in [0.25, 0.3) is 5.91 Å². The number of anilines is 1. The quantitative estimate of drug-likeness (QED) is 0.477. The third-order valence-electron chi connectivity index (χ3n) is 3.51. The summed E-state index contributed by atoms with van der Waals surface area (Å²) >= 11 is 4.23. The van der Waals surface area contributed by atoms with Gasteiger partial charge in [0.2, 0.25) is 0 Å². The Hall–Kier alpha value is -3.11. The van der Waals surface area contributed by atoms with Crippen molar-refractivity contribution in [3.05, 3.63) is 57.8 Å². The number of hydrogen-bond donors (Lipinski definition) is 3. The molecule has 0 aliphatic carbocycles. The number of aromatic carboxylic acids is 1. The number of carbonyl (C=O) groups excluding carboxylic acids is 1. The first-order valence-corrected chi connectivity index (χ1v) is 9.32. The van der Waals surface area contributed by atoms with Crippen molar-refractivity contribution < 1.29 is 33.8 Å². The smallest absolute Gasteiger partial charge is 0.349 e. The van der Waals surface area contributed by atoms with Gasteiger partial charge in [-0.3, -0.25) is 4.79 Å². The molecule has 0 unspecified atom stereocenters. The number of amides is 1. The molecule has 10 heteroatoms. The summed E-state index contributed by atoms with van der Waals surface area (Å²) in [7, 11) is 0. The first-order valence-electron chi connectivity index (χ1n) is 7.71. The lowest BCUT2D eigenvalue weighted by molar-refractivity contribution is -0.139. The minimum atomic E-state index is -1.23. The van der Waals surface area contributed by atoms with Crippen molar-refractivity contribution >= 4 is 50.8 Å². The molecule has 3 rings (SSSR count). The second-order valence-electron chi connectivity index (χ2n) is 5.44. The summed E-state index contributed by atoms with van der Waals surface area (Å²) in [5, 5.41) is 20.9. The number of rotatable bonds is 7. The molecule has 0 aliphatic heterocycles. The number of benzene rings is 1. The van der Waals surface area contributed by atoms with Crippen LogP contribution in [0.2, 0.25) is 0 Å². The molecule has 0 bridgehead atoms. The van der Waals surface area contributed by atoms with Crippen LogP contribution in [0.3, 0.4) is 0 Å². The molecular weight excluding hydrogens is 454 g/mol. The maximum atomic E-state index is 12.2. The Morgan fingerprint density at radius 3 is 2.64 bits per heavy atom. The van der Waals surface area contributed by atoms with Crippen LogP contribution in [0.1, 0.15) is 20.0 Å². The molecule has 8 nitrogen and oxygen atoms in total. The Morgan fingerprint density at radius 1 is 1.21 bits per heavy atom. The summed E-state index contributed by atoms with van der Waals surface area (Å²) in [6, 6.07) is 8.31. The van der Waals surface area contributed by atoms with Crippen LogP contribution in [0.4, 0.5) is 5.69 Å². The minimum Gasteiger partial charge on any atom is -0.479 e. The van der Waals surface area contributed by atoms with E-state index >= 15 is 0 Å². The summed E-state index contributed by atoms with van der Waals surface area (Å²) in [4.78, 5) is 34.8. The van der Waals surface area contributed by atoms with Crippen molar-refractivity contribution in [1.82, 2.24) is 0 Å². The number of furan rings is 1. The largest absolute Gasteiger partial charge is 0.479 e. The highest BCUT2D eigenvalue weighted by atomic mass is 79.9. The van der Waals surface area contributed by atoms with E-state index in [1.54, 1.807) is 24.3 Å². The van der Waals surface area contributed by atoms with Gasteiger partial charge in [-0.1, -0.05) is 12.1 Å². The van der Waals surface area contributed by atoms with E-state index in [4.69, 9.17) is 14.3 Å².